The van der Waals surface area contributed by atoms with E-state index in [0.717, 1.165) is 13.1 Å². The summed E-state index contributed by atoms with van der Waals surface area (Å²) in [5, 5.41) is 0. The van der Waals surface area contributed by atoms with Crippen LogP contribution in [0.3, 0.4) is 0 Å². The van der Waals surface area contributed by atoms with E-state index < -0.39 is 9.05 Å². The Bertz CT molecular complexity index is 264. The molecule has 3 aliphatic rings. The van der Waals surface area contributed by atoms with Crippen molar-refractivity contribution in [2.45, 2.75) is 39.3 Å². The van der Waals surface area contributed by atoms with Crippen molar-refractivity contribution in [3.63, 3.8) is 0 Å². The molecule has 5 nitrogen and oxygen atoms in total. The van der Waals surface area contributed by atoms with Crippen molar-refractivity contribution in [3.05, 3.63) is 0 Å². The first-order valence-electron chi connectivity index (χ1n) is 6.35. The molecule has 2 bridgehead atoms. The minimum Gasteiger partial charge on any atom is -0.351 e. The highest BCUT2D eigenvalue weighted by molar-refractivity contribution is 6.53. The molecule has 3 rings (SSSR count). The van der Waals surface area contributed by atoms with E-state index in [1.54, 1.807) is 0 Å². The molecule has 3 heterocycles. The van der Waals surface area contributed by atoms with Gasteiger partial charge in [-0.15, -0.1) is 0 Å². The van der Waals surface area contributed by atoms with Crippen molar-refractivity contribution >= 4 is 9.05 Å². The maximum Gasteiger partial charge on any atom is 0.680 e. The van der Waals surface area contributed by atoms with E-state index in [-0.39, 0.29) is 5.60 Å². The molecule has 0 aliphatic carbocycles. The largest absolute Gasteiger partial charge is 0.680 e. The van der Waals surface area contributed by atoms with Gasteiger partial charge in [0.05, 0.1) is 18.8 Å². The summed E-state index contributed by atoms with van der Waals surface area (Å²) in [5.41, 5.74) is -0.317. The molecule has 0 radical (unpaired) electrons. The highest BCUT2D eigenvalue weighted by Crippen LogP contribution is 2.30. The Labute approximate surface area is 104 Å². The zero-order valence-corrected chi connectivity index (χ0v) is 12.2. The molecule has 0 spiro atoms. The summed E-state index contributed by atoms with van der Waals surface area (Å²) in [4.78, 5) is 2.35. The summed E-state index contributed by atoms with van der Waals surface area (Å²) in [6.45, 7) is 11.9. The first-order chi connectivity index (χ1) is 7.99. The van der Waals surface area contributed by atoms with E-state index in [4.69, 9.17) is 17.7 Å². The number of hydrogen-bond acceptors (Lipinski definition) is 5. The third-order valence-electron chi connectivity index (χ3n) is 3.58. The van der Waals surface area contributed by atoms with Gasteiger partial charge >= 0.3 is 9.05 Å². The van der Waals surface area contributed by atoms with Gasteiger partial charge in [0.2, 0.25) is 0 Å². The van der Waals surface area contributed by atoms with Crippen LogP contribution in [-0.4, -0.2) is 58.5 Å². The lowest BCUT2D eigenvalue weighted by atomic mass is 9.99. The molecular weight excluding hydrogens is 238 g/mol. The van der Waals surface area contributed by atoms with Crippen LogP contribution in [0.5, 0.6) is 0 Å². The van der Waals surface area contributed by atoms with Gasteiger partial charge in [-0.3, -0.25) is 4.90 Å². The molecule has 0 N–H and O–H groups in total. The van der Waals surface area contributed by atoms with E-state index in [0.29, 0.717) is 25.9 Å². The average molecular weight is 261 g/mol. The second-order valence-electron chi connectivity index (χ2n) is 5.05. The van der Waals surface area contributed by atoms with Gasteiger partial charge in [0.15, 0.2) is 0 Å². The van der Waals surface area contributed by atoms with Crippen LogP contribution >= 0.6 is 0 Å². The van der Waals surface area contributed by atoms with E-state index in [9.17, 15) is 0 Å². The van der Waals surface area contributed by atoms with Crippen LogP contribution in [0.2, 0.25) is 0 Å². The Morgan fingerprint density at radius 1 is 1.29 bits per heavy atom. The highest BCUT2D eigenvalue weighted by Gasteiger charge is 2.54. The van der Waals surface area contributed by atoms with Gasteiger partial charge in [-0.1, -0.05) is 0 Å². The molecule has 0 saturated carbocycles. The predicted molar refractivity (Wildman–Crippen MR) is 65.5 cm³/mol. The summed E-state index contributed by atoms with van der Waals surface area (Å²) < 4.78 is 23.4. The fourth-order valence-corrected chi connectivity index (χ4v) is 4.59. The van der Waals surface area contributed by atoms with E-state index >= 15 is 0 Å². The maximum absolute atomic E-state index is 6.12. The molecule has 1 atom stereocenters. The lowest BCUT2D eigenvalue weighted by Crippen LogP contribution is -2.65. The molecule has 3 saturated heterocycles. The Balaban J connectivity index is 2.26. The SMILES string of the molecule is CCO[Si]12OCCN(CCO1)C(C)C(C)(C)O2. The number of fused-ring (bicyclic) bond motifs is 6. The molecule has 100 valence electrons. The summed E-state index contributed by atoms with van der Waals surface area (Å²) in [6, 6.07) is 0.336. The molecule has 3 fully saturated rings. The van der Waals surface area contributed by atoms with Crippen molar-refractivity contribution in [3.8, 4) is 0 Å². The van der Waals surface area contributed by atoms with Crippen molar-refractivity contribution in [1.82, 2.24) is 4.90 Å². The second kappa shape index (κ2) is 4.95. The highest BCUT2D eigenvalue weighted by atomic mass is 28.4. The first-order valence-corrected chi connectivity index (χ1v) is 7.98. The first kappa shape index (κ1) is 13.4. The van der Waals surface area contributed by atoms with Gasteiger partial charge in [0.25, 0.3) is 0 Å². The fourth-order valence-electron chi connectivity index (χ4n) is 2.31. The molecule has 0 aromatic carbocycles. The fraction of sp³-hybridized carbons (Fsp3) is 1.00. The van der Waals surface area contributed by atoms with Gasteiger partial charge in [-0.25, -0.2) is 0 Å². The van der Waals surface area contributed by atoms with Gasteiger partial charge < -0.3 is 17.7 Å². The average Bonchev–Trinajstić information content (AvgIpc) is 2.21. The van der Waals surface area contributed by atoms with Crippen LogP contribution in [0.4, 0.5) is 0 Å². The standard InChI is InChI=1S/C11H23NO4Si/c1-5-13-17-14-8-6-12(7-9-15-17)10(2)11(3,4)16-17/h10H,5-9H2,1-4H3. The predicted octanol–water partition coefficient (Wildman–Crippen LogP) is 1.00. The van der Waals surface area contributed by atoms with Crippen LogP contribution in [0.15, 0.2) is 0 Å². The van der Waals surface area contributed by atoms with E-state index in [1.807, 2.05) is 6.92 Å². The number of rotatable bonds is 2. The molecule has 0 aromatic rings. The maximum atomic E-state index is 6.12. The third-order valence-corrected chi connectivity index (χ3v) is 6.11. The summed E-state index contributed by atoms with van der Waals surface area (Å²) >= 11 is 0. The van der Waals surface area contributed by atoms with Crippen LogP contribution in [0.25, 0.3) is 0 Å². The minimum absolute atomic E-state index is 0.317. The van der Waals surface area contributed by atoms with Crippen molar-refractivity contribution < 1.29 is 17.7 Å². The van der Waals surface area contributed by atoms with Gasteiger partial charge in [0, 0.05) is 25.7 Å². The minimum atomic E-state index is -2.93. The Morgan fingerprint density at radius 3 is 2.41 bits per heavy atom. The van der Waals surface area contributed by atoms with Crippen LogP contribution in [0.1, 0.15) is 27.7 Å². The Kier molecular flexibility index (Phi) is 3.91. The summed E-state index contributed by atoms with van der Waals surface area (Å²) in [7, 11) is -2.93. The lowest BCUT2D eigenvalue weighted by Gasteiger charge is -2.48. The normalized spacial score (nSPS) is 41.6. The van der Waals surface area contributed by atoms with Crippen molar-refractivity contribution in [2.24, 2.45) is 0 Å². The van der Waals surface area contributed by atoms with Crippen LogP contribution < -0.4 is 0 Å². The van der Waals surface area contributed by atoms with Crippen molar-refractivity contribution in [1.29, 1.82) is 0 Å². The Morgan fingerprint density at radius 2 is 1.88 bits per heavy atom. The number of hydrogen-bond donors (Lipinski definition) is 0. The molecule has 6 heteroatoms. The molecule has 3 aliphatic heterocycles. The molecule has 0 aromatic heterocycles. The van der Waals surface area contributed by atoms with Crippen LogP contribution in [0, 0.1) is 0 Å². The van der Waals surface area contributed by atoms with Crippen molar-refractivity contribution in [2.75, 3.05) is 32.9 Å². The van der Waals surface area contributed by atoms with Gasteiger partial charge in [-0.05, 0) is 27.7 Å². The Hall–Kier alpha value is 0.0169. The van der Waals surface area contributed by atoms with Gasteiger partial charge in [-0.2, -0.15) is 0 Å². The topological polar surface area (TPSA) is 40.2 Å². The smallest absolute Gasteiger partial charge is 0.351 e. The quantitative estimate of drug-likeness (QED) is 0.694. The molecule has 0 amide bonds. The molecule has 17 heavy (non-hydrogen) atoms. The lowest BCUT2D eigenvalue weighted by molar-refractivity contribution is -0.145. The van der Waals surface area contributed by atoms with Crippen LogP contribution in [-0.2, 0) is 17.7 Å². The number of nitrogens with zero attached hydrogens (tertiary/aromatic N) is 1. The third kappa shape index (κ3) is 2.72. The van der Waals surface area contributed by atoms with E-state index in [1.165, 1.54) is 0 Å². The van der Waals surface area contributed by atoms with Gasteiger partial charge in [0.1, 0.15) is 0 Å². The molecule has 1 unspecified atom stereocenters. The zero-order chi connectivity index (χ0) is 12.5. The zero-order valence-electron chi connectivity index (χ0n) is 11.2. The monoisotopic (exact) mass is 261 g/mol. The molecular formula is C11H23NO4Si. The summed E-state index contributed by atoms with van der Waals surface area (Å²) in [6.07, 6.45) is 0. The second-order valence-corrected chi connectivity index (χ2v) is 7.12. The van der Waals surface area contributed by atoms with E-state index in [2.05, 4.69) is 25.7 Å². The summed E-state index contributed by atoms with van der Waals surface area (Å²) in [5.74, 6) is 0.